The van der Waals surface area contributed by atoms with Gasteiger partial charge in [-0.3, -0.25) is 14.6 Å². The molecule has 1 aromatic carbocycles. The summed E-state index contributed by atoms with van der Waals surface area (Å²) >= 11 is 6.46. The van der Waals surface area contributed by atoms with Gasteiger partial charge in [0.15, 0.2) is 0 Å². The zero-order valence-corrected chi connectivity index (χ0v) is 17.5. The predicted octanol–water partition coefficient (Wildman–Crippen LogP) is 3.36. The number of anilines is 1. The van der Waals surface area contributed by atoms with Gasteiger partial charge in [-0.25, -0.2) is 4.68 Å². The highest BCUT2D eigenvalue weighted by atomic mass is 35.5. The van der Waals surface area contributed by atoms with Crippen LogP contribution in [0.3, 0.4) is 0 Å². The second-order valence-corrected chi connectivity index (χ2v) is 7.13. The lowest BCUT2D eigenvalue weighted by Crippen LogP contribution is -2.31. The SMILES string of the molecule is Cc1ccc(Cn2nc(C)c(/C=C/C(=O)NCC(=O)Nc3cccnc3)c2Cl)cc1. The van der Waals surface area contributed by atoms with Crippen LogP contribution >= 0.6 is 11.6 Å². The Labute approximate surface area is 179 Å². The average Bonchev–Trinajstić information content (AvgIpc) is 3.00. The molecule has 0 aliphatic heterocycles. The molecule has 0 unspecified atom stereocenters. The van der Waals surface area contributed by atoms with E-state index < -0.39 is 5.91 Å². The zero-order valence-electron chi connectivity index (χ0n) is 16.7. The maximum Gasteiger partial charge on any atom is 0.244 e. The summed E-state index contributed by atoms with van der Waals surface area (Å²) < 4.78 is 1.69. The Hall–Kier alpha value is -3.45. The summed E-state index contributed by atoms with van der Waals surface area (Å²) in [6.45, 7) is 4.24. The van der Waals surface area contributed by atoms with Crippen LogP contribution in [0, 0.1) is 13.8 Å². The normalized spacial score (nSPS) is 10.9. The summed E-state index contributed by atoms with van der Waals surface area (Å²) in [5.74, 6) is -0.747. The molecule has 3 rings (SSSR count). The van der Waals surface area contributed by atoms with E-state index in [1.807, 2.05) is 38.1 Å². The van der Waals surface area contributed by atoms with Crippen molar-refractivity contribution >= 4 is 35.2 Å². The highest BCUT2D eigenvalue weighted by molar-refractivity contribution is 6.31. The molecule has 0 aliphatic rings. The second kappa shape index (κ2) is 9.84. The molecule has 0 radical (unpaired) electrons. The van der Waals surface area contributed by atoms with Crippen molar-refractivity contribution in [3.63, 3.8) is 0 Å². The number of nitrogens with zero attached hydrogens (tertiary/aromatic N) is 3. The second-order valence-electron chi connectivity index (χ2n) is 6.77. The fraction of sp³-hybridized carbons (Fsp3) is 0.182. The number of amides is 2. The molecule has 30 heavy (non-hydrogen) atoms. The Balaban J connectivity index is 1.57. The number of carbonyl (C=O) groups excluding carboxylic acids is 2. The van der Waals surface area contributed by atoms with E-state index in [4.69, 9.17) is 11.6 Å². The molecule has 0 fully saturated rings. The Morgan fingerprint density at radius 2 is 1.93 bits per heavy atom. The Kier molecular flexibility index (Phi) is 6.98. The van der Waals surface area contributed by atoms with Gasteiger partial charge in [0.2, 0.25) is 11.8 Å². The first-order valence-corrected chi connectivity index (χ1v) is 9.74. The summed E-state index contributed by atoms with van der Waals surface area (Å²) in [6, 6.07) is 11.6. The summed E-state index contributed by atoms with van der Waals surface area (Å²) in [7, 11) is 0. The fourth-order valence-electron chi connectivity index (χ4n) is 2.75. The lowest BCUT2D eigenvalue weighted by atomic mass is 10.1. The van der Waals surface area contributed by atoms with Gasteiger partial charge in [0.1, 0.15) is 5.15 Å². The molecular formula is C22H22ClN5O2. The largest absolute Gasteiger partial charge is 0.343 e. The van der Waals surface area contributed by atoms with Crippen molar-refractivity contribution in [2.45, 2.75) is 20.4 Å². The molecule has 8 heteroatoms. The van der Waals surface area contributed by atoms with Gasteiger partial charge in [0.25, 0.3) is 0 Å². The van der Waals surface area contributed by atoms with Crippen molar-refractivity contribution in [3.8, 4) is 0 Å². The van der Waals surface area contributed by atoms with Gasteiger partial charge in [-0.15, -0.1) is 0 Å². The van der Waals surface area contributed by atoms with Crippen LogP contribution in [-0.4, -0.2) is 33.1 Å². The number of pyridine rings is 1. The van der Waals surface area contributed by atoms with Crippen LogP contribution in [-0.2, 0) is 16.1 Å². The van der Waals surface area contributed by atoms with Gasteiger partial charge in [-0.1, -0.05) is 41.4 Å². The van der Waals surface area contributed by atoms with Crippen molar-refractivity contribution in [1.82, 2.24) is 20.1 Å². The molecule has 0 atom stereocenters. The topological polar surface area (TPSA) is 88.9 Å². The molecule has 3 aromatic rings. The Morgan fingerprint density at radius 3 is 2.63 bits per heavy atom. The standard InChI is InChI=1S/C22H22ClN5O2/c1-15-5-7-17(8-6-15)14-28-22(23)19(16(2)27-28)9-10-20(29)25-13-21(30)26-18-4-3-11-24-12-18/h3-12H,13-14H2,1-2H3,(H,25,29)(H,26,30)/b10-9+. The lowest BCUT2D eigenvalue weighted by molar-refractivity contribution is -0.121. The number of aryl methyl sites for hydroxylation is 2. The first kappa shape index (κ1) is 21.3. The van der Waals surface area contributed by atoms with E-state index >= 15 is 0 Å². The predicted molar refractivity (Wildman–Crippen MR) is 117 cm³/mol. The molecule has 0 saturated heterocycles. The van der Waals surface area contributed by atoms with Gasteiger partial charge in [-0.05, 0) is 37.6 Å². The lowest BCUT2D eigenvalue weighted by Gasteiger charge is -2.05. The first-order valence-electron chi connectivity index (χ1n) is 9.36. The monoisotopic (exact) mass is 423 g/mol. The quantitative estimate of drug-likeness (QED) is 0.570. The van der Waals surface area contributed by atoms with Crippen LogP contribution < -0.4 is 10.6 Å². The minimum absolute atomic E-state index is 0.155. The van der Waals surface area contributed by atoms with E-state index in [2.05, 4.69) is 20.7 Å². The van der Waals surface area contributed by atoms with Gasteiger partial charge in [-0.2, -0.15) is 5.10 Å². The minimum atomic E-state index is -0.405. The highest BCUT2D eigenvalue weighted by Gasteiger charge is 2.12. The van der Waals surface area contributed by atoms with E-state index in [9.17, 15) is 9.59 Å². The van der Waals surface area contributed by atoms with Gasteiger partial charge in [0.05, 0.1) is 30.7 Å². The van der Waals surface area contributed by atoms with Gasteiger partial charge < -0.3 is 10.6 Å². The molecule has 7 nitrogen and oxygen atoms in total. The van der Waals surface area contributed by atoms with E-state index in [0.717, 1.165) is 5.56 Å². The summed E-state index contributed by atoms with van der Waals surface area (Å²) in [5, 5.41) is 10.1. The number of hydrogen-bond donors (Lipinski definition) is 2. The zero-order chi connectivity index (χ0) is 21.5. The fourth-order valence-corrected chi connectivity index (χ4v) is 3.05. The number of halogens is 1. The number of hydrogen-bond acceptors (Lipinski definition) is 4. The minimum Gasteiger partial charge on any atom is -0.343 e. The van der Waals surface area contributed by atoms with Crippen LogP contribution in [0.1, 0.15) is 22.4 Å². The van der Waals surface area contributed by atoms with Gasteiger partial charge >= 0.3 is 0 Å². The number of rotatable bonds is 7. The Morgan fingerprint density at radius 1 is 1.17 bits per heavy atom. The third kappa shape index (κ3) is 5.78. The van der Waals surface area contributed by atoms with E-state index in [1.165, 1.54) is 17.8 Å². The molecule has 2 N–H and O–H groups in total. The maximum absolute atomic E-state index is 12.1. The van der Waals surface area contributed by atoms with E-state index in [1.54, 1.807) is 29.1 Å². The average molecular weight is 424 g/mol. The third-order valence-corrected chi connectivity index (χ3v) is 4.73. The van der Waals surface area contributed by atoms with Crippen molar-refractivity contribution < 1.29 is 9.59 Å². The summed E-state index contributed by atoms with van der Waals surface area (Å²) in [4.78, 5) is 27.9. The molecule has 0 spiro atoms. The molecule has 0 bridgehead atoms. The molecule has 2 heterocycles. The van der Waals surface area contributed by atoms with Crippen LogP contribution in [0.25, 0.3) is 6.08 Å². The summed E-state index contributed by atoms with van der Waals surface area (Å²) in [5.41, 5.74) is 4.21. The van der Waals surface area contributed by atoms with E-state index in [-0.39, 0.29) is 12.5 Å². The molecule has 0 aliphatic carbocycles. The molecule has 0 saturated carbocycles. The van der Waals surface area contributed by atoms with E-state index in [0.29, 0.717) is 28.6 Å². The first-order chi connectivity index (χ1) is 14.4. The van der Waals surface area contributed by atoms with Crippen LogP contribution in [0.5, 0.6) is 0 Å². The van der Waals surface area contributed by atoms with Gasteiger partial charge in [0, 0.05) is 17.8 Å². The number of benzene rings is 1. The van der Waals surface area contributed by atoms with Crippen LogP contribution in [0.4, 0.5) is 5.69 Å². The third-order valence-electron chi connectivity index (χ3n) is 4.33. The van der Waals surface area contributed by atoms with Crippen molar-refractivity contribution in [1.29, 1.82) is 0 Å². The van der Waals surface area contributed by atoms with Crippen LogP contribution in [0.15, 0.2) is 54.9 Å². The van der Waals surface area contributed by atoms with Crippen molar-refractivity contribution in [2.24, 2.45) is 0 Å². The highest BCUT2D eigenvalue weighted by Crippen LogP contribution is 2.22. The molecule has 154 valence electrons. The maximum atomic E-state index is 12.1. The Bertz CT molecular complexity index is 1060. The smallest absolute Gasteiger partial charge is 0.244 e. The number of carbonyl (C=O) groups is 2. The van der Waals surface area contributed by atoms with Crippen LogP contribution in [0.2, 0.25) is 5.15 Å². The van der Waals surface area contributed by atoms with Crippen molar-refractivity contribution in [2.75, 3.05) is 11.9 Å². The number of nitrogens with one attached hydrogen (secondary N) is 2. The van der Waals surface area contributed by atoms with Crippen molar-refractivity contribution in [3.05, 3.63) is 82.4 Å². The molecule has 2 amide bonds. The number of aromatic nitrogens is 3. The molecule has 2 aromatic heterocycles. The molecular weight excluding hydrogens is 402 g/mol. The summed E-state index contributed by atoms with van der Waals surface area (Å²) in [6.07, 6.45) is 6.07.